The molecule has 2 aromatic carbocycles. The lowest BCUT2D eigenvalue weighted by atomic mass is 10.0. The van der Waals surface area contributed by atoms with E-state index in [9.17, 15) is 9.59 Å². The van der Waals surface area contributed by atoms with Crippen LogP contribution in [0.2, 0.25) is 0 Å². The summed E-state index contributed by atoms with van der Waals surface area (Å²) < 4.78 is 6.00. The summed E-state index contributed by atoms with van der Waals surface area (Å²) in [6, 6.07) is 17.2. The summed E-state index contributed by atoms with van der Waals surface area (Å²) in [6.45, 7) is 1.03. The molecule has 0 fully saturated rings. The standard InChI is InChI=1S/C23H19N3O3S2/c1-29-23(28)26-12-11-15-18(13-26)31-22(25-20(27)14-7-3-2-4-8-14)19(15)21-24-16-9-5-6-10-17(16)30-21/h2-10H,11-13H2,1H3,(H,25,27). The van der Waals surface area contributed by atoms with E-state index in [4.69, 9.17) is 9.72 Å². The maximum absolute atomic E-state index is 12.9. The van der Waals surface area contributed by atoms with Gasteiger partial charge in [-0.25, -0.2) is 9.78 Å². The molecule has 0 spiro atoms. The number of nitrogens with one attached hydrogen (secondary N) is 1. The summed E-state index contributed by atoms with van der Waals surface area (Å²) in [5.74, 6) is -0.161. The fourth-order valence-electron chi connectivity index (χ4n) is 3.75. The Balaban J connectivity index is 1.58. The van der Waals surface area contributed by atoms with Crippen molar-refractivity contribution in [3.63, 3.8) is 0 Å². The van der Waals surface area contributed by atoms with E-state index in [1.807, 2.05) is 36.4 Å². The molecule has 8 heteroatoms. The Morgan fingerprint density at radius 1 is 1.06 bits per heavy atom. The van der Waals surface area contributed by atoms with E-state index in [0.29, 0.717) is 25.1 Å². The first-order chi connectivity index (χ1) is 15.1. The number of rotatable bonds is 3. The average Bonchev–Trinajstić information content (AvgIpc) is 3.38. The fourth-order valence-corrected chi connectivity index (χ4v) is 6.12. The molecule has 2 amide bonds. The number of para-hydroxylation sites is 1. The summed E-state index contributed by atoms with van der Waals surface area (Å²) >= 11 is 3.12. The zero-order valence-electron chi connectivity index (χ0n) is 16.8. The second-order valence-electron chi connectivity index (χ2n) is 7.16. The average molecular weight is 450 g/mol. The first-order valence-electron chi connectivity index (χ1n) is 9.84. The molecule has 2 aromatic heterocycles. The minimum absolute atomic E-state index is 0.161. The van der Waals surface area contributed by atoms with Crippen molar-refractivity contribution in [2.75, 3.05) is 19.0 Å². The summed E-state index contributed by atoms with van der Waals surface area (Å²) in [6.07, 6.45) is 0.350. The number of fused-ring (bicyclic) bond motifs is 2. The van der Waals surface area contributed by atoms with E-state index in [2.05, 4.69) is 11.4 Å². The minimum atomic E-state index is -0.338. The third kappa shape index (κ3) is 3.68. The van der Waals surface area contributed by atoms with E-state index >= 15 is 0 Å². The number of ether oxygens (including phenoxy) is 1. The normalized spacial score (nSPS) is 13.1. The van der Waals surface area contributed by atoms with Gasteiger partial charge in [-0.2, -0.15) is 0 Å². The van der Waals surface area contributed by atoms with E-state index in [0.717, 1.165) is 36.2 Å². The van der Waals surface area contributed by atoms with Gasteiger partial charge in [-0.1, -0.05) is 30.3 Å². The van der Waals surface area contributed by atoms with Crippen molar-refractivity contribution in [1.29, 1.82) is 0 Å². The van der Waals surface area contributed by atoms with Crippen LogP contribution in [-0.4, -0.2) is 35.5 Å². The Labute approximate surface area is 187 Å². The highest BCUT2D eigenvalue weighted by molar-refractivity contribution is 7.23. The third-order valence-corrected chi connectivity index (χ3v) is 7.45. The van der Waals surface area contributed by atoms with E-state index in [1.165, 1.54) is 18.4 Å². The van der Waals surface area contributed by atoms with Crippen molar-refractivity contribution in [1.82, 2.24) is 9.88 Å². The van der Waals surface area contributed by atoms with Crippen molar-refractivity contribution < 1.29 is 14.3 Å². The van der Waals surface area contributed by atoms with Gasteiger partial charge in [-0.3, -0.25) is 4.79 Å². The zero-order chi connectivity index (χ0) is 21.4. The highest BCUT2D eigenvalue weighted by Crippen LogP contribution is 2.45. The molecule has 3 heterocycles. The number of thiophene rings is 1. The van der Waals surface area contributed by atoms with Gasteiger partial charge >= 0.3 is 6.09 Å². The monoisotopic (exact) mass is 449 g/mol. The molecule has 0 bridgehead atoms. The van der Waals surface area contributed by atoms with Gasteiger partial charge in [0.05, 0.1) is 23.9 Å². The SMILES string of the molecule is COC(=O)N1CCc2c(sc(NC(=O)c3ccccc3)c2-c2nc3ccccc3s2)C1. The number of thiazole rings is 1. The number of nitrogens with zero attached hydrogens (tertiary/aromatic N) is 2. The lowest BCUT2D eigenvalue weighted by Gasteiger charge is -2.25. The molecule has 156 valence electrons. The molecule has 0 aliphatic carbocycles. The highest BCUT2D eigenvalue weighted by Gasteiger charge is 2.29. The first kappa shape index (κ1) is 19.7. The quantitative estimate of drug-likeness (QED) is 0.454. The lowest BCUT2D eigenvalue weighted by molar-refractivity contribution is 0.102. The Bertz CT molecular complexity index is 1250. The number of methoxy groups -OCH3 is 1. The number of carbonyl (C=O) groups excluding carboxylic acids is 2. The zero-order valence-corrected chi connectivity index (χ0v) is 18.4. The van der Waals surface area contributed by atoms with Crippen LogP contribution < -0.4 is 5.32 Å². The Kier molecular flexibility index (Phi) is 5.17. The van der Waals surface area contributed by atoms with E-state index in [1.54, 1.807) is 28.4 Å². The number of hydrogen-bond donors (Lipinski definition) is 1. The van der Waals surface area contributed by atoms with Gasteiger partial charge in [-0.05, 0) is 36.2 Å². The molecule has 1 aliphatic heterocycles. The van der Waals surface area contributed by atoms with Gasteiger partial charge in [0.25, 0.3) is 5.91 Å². The number of anilines is 1. The predicted octanol–water partition coefficient (Wildman–Crippen LogP) is 5.40. The molecular weight excluding hydrogens is 430 g/mol. The van der Waals surface area contributed by atoms with Crippen molar-refractivity contribution in [3.05, 3.63) is 70.6 Å². The van der Waals surface area contributed by atoms with Crippen LogP contribution in [0.25, 0.3) is 20.8 Å². The van der Waals surface area contributed by atoms with Gasteiger partial charge in [0, 0.05) is 22.5 Å². The van der Waals surface area contributed by atoms with Gasteiger partial charge < -0.3 is 15.0 Å². The van der Waals surface area contributed by atoms with E-state index < -0.39 is 0 Å². The molecule has 4 aromatic rings. The number of aromatic nitrogens is 1. The number of carbonyl (C=O) groups is 2. The van der Waals surface area contributed by atoms with E-state index in [-0.39, 0.29) is 12.0 Å². The molecular formula is C23H19N3O3S2. The van der Waals surface area contributed by atoms with Gasteiger partial charge in [0.1, 0.15) is 10.0 Å². The largest absolute Gasteiger partial charge is 0.453 e. The molecule has 0 saturated carbocycles. The molecule has 31 heavy (non-hydrogen) atoms. The van der Waals surface area contributed by atoms with Crippen molar-refractivity contribution >= 4 is 49.9 Å². The number of amides is 2. The maximum atomic E-state index is 12.9. The van der Waals surface area contributed by atoms with Crippen LogP contribution in [0.3, 0.4) is 0 Å². The predicted molar refractivity (Wildman–Crippen MR) is 124 cm³/mol. The molecule has 1 N–H and O–H groups in total. The first-order valence-corrected chi connectivity index (χ1v) is 11.5. The molecule has 0 unspecified atom stereocenters. The third-order valence-electron chi connectivity index (χ3n) is 5.26. The molecule has 0 radical (unpaired) electrons. The van der Waals surface area contributed by atoms with Crippen LogP contribution in [0.4, 0.5) is 9.80 Å². The second kappa shape index (κ2) is 8.13. The summed E-state index contributed by atoms with van der Waals surface area (Å²) in [5.41, 5.74) is 3.65. The number of benzene rings is 2. The molecule has 5 rings (SSSR count). The lowest BCUT2D eigenvalue weighted by Crippen LogP contribution is -2.35. The molecule has 6 nitrogen and oxygen atoms in total. The Hall–Kier alpha value is -3.23. The minimum Gasteiger partial charge on any atom is -0.453 e. The van der Waals surface area contributed by atoms with Crippen LogP contribution in [0.5, 0.6) is 0 Å². The highest BCUT2D eigenvalue weighted by atomic mass is 32.1. The summed E-state index contributed by atoms with van der Waals surface area (Å²) in [5, 5.41) is 4.75. The second-order valence-corrected chi connectivity index (χ2v) is 9.29. The maximum Gasteiger partial charge on any atom is 0.409 e. The van der Waals surface area contributed by atoms with Crippen LogP contribution >= 0.6 is 22.7 Å². The van der Waals surface area contributed by atoms with Crippen LogP contribution in [0.1, 0.15) is 20.8 Å². The van der Waals surface area contributed by atoms with Crippen molar-refractivity contribution in [2.24, 2.45) is 0 Å². The Morgan fingerprint density at radius 2 is 1.84 bits per heavy atom. The molecule has 1 aliphatic rings. The van der Waals surface area contributed by atoms with Crippen LogP contribution in [-0.2, 0) is 17.7 Å². The molecule has 0 saturated heterocycles. The fraction of sp³-hybridized carbons (Fsp3) is 0.174. The van der Waals surface area contributed by atoms with Gasteiger partial charge in [-0.15, -0.1) is 22.7 Å². The van der Waals surface area contributed by atoms with Crippen LogP contribution in [0.15, 0.2) is 54.6 Å². The van der Waals surface area contributed by atoms with Crippen LogP contribution in [0, 0.1) is 0 Å². The van der Waals surface area contributed by atoms with Crippen molar-refractivity contribution in [3.8, 4) is 10.6 Å². The Morgan fingerprint density at radius 3 is 2.61 bits per heavy atom. The summed E-state index contributed by atoms with van der Waals surface area (Å²) in [7, 11) is 1.39. The van der Waals surface area contributed by atoms with Gasteiger partial charge in [0.15, 0.2) is 0 Å². The smallest absolute Gasteiger partial charge is 0.409 e. The van der Waals surface area contributed by atoms with Gasteiger partial charge in [0.2, 0.25) is 0 Å². The molecule has 0 atom stereocenters. The number of hydrogen-bond acceptors (Lipinski definition) is 6. The topological polar surface area (TPSA) is 71.5 Å². The summed E-state index contributed by atoms with van der Waals surface area (Å²) in [4.78, 5) is 32.5. The van der Waals surface area contributed by atoms with Crippen molar-refractivity contribution in [2.45, 2.75) is 13.0 Å².